The number of thioether (sulfide) groups is 2. The van der Waals surface area contributed by atoms with E-state index in [0.717, 1.165) is 38.4 Å². The average molecular weight is 443 g/mol. The lowest BCUT2D eigenvalue weighted by Gasteiger charge is -1.98. The van der Waals surface area contributed by atoms with Crippen molar-refractivity contribution in [3.05, 3.63) is 48.7 Å². The van der Waals surface area contributed by atoms with E-state index in [1.165, 1.54) is 23.1 Å². The molecule has 0 spiro atoms. The molecule has 0 saturated carbocycles. The molecular formula is C19H18N6OS3. The molecule has 3 heterocycles. The molecule has 4 rings (SSSR count). The van der Waals surface area contributed by atoms with Gasteiger partial charge < -0.3 is 5.32 Å². The highest BCUT2D eigenvalue weighted by atomic mass is 32.2. The van der Waals surface area contributed by atoms with E-state index in [0.29, 0.717) is 5.17 Å². The second-order valence-electron chi connectivity index (χ2n) is 6.03. The monoisotopic (exact) mass is 442 g/mol. The highest BCUT2D eigenvalue weighted by molar-refractivity contribution is 8.15. The molecular weight excluding hydrogens is 424 g/mol. The van der Waals surface area contributed by atoms with E-state index in [-0.39, 0.29) is 11.2 Å². The number of carbonyl (C=O) groups excluding carboxylic acids is 1. The number of amidine groups is 1. The number of nitrogens with one attached hydrogen (secondary N) is 1. The summed E-state index contributed by atoms with van der Waals surface area (Å²) in [5, 5.41) is 16.2. The summed E-state index contributed by atoms with van der Waals surface area (Å²) in [6.07, 6.45) is 4.24. The number of imidazole rings is 1. The Morgan fingerprint density at radius 3 is 2.93 bits per heavy atom. The molecule has 7 nitrogen and oxygen atoms in total. The first-order chi connectivity index (χ1) is 14.2. The number of benzene rings is 1. The highest BCUT2D eigenvalue weighted by Crippen LogP contribution is 2.30. The Morgan fingerprint density at radius 1 is 1.38 bits per heavy atom. The average Bonchev–Trinajstić information content (AvgIpc) is 3.40. The Morgan fingerprint density at radius 2 is 2.21 bits per heavy atom. The molecule has 3 aromatic rings. The van der Waals surface area contributed by atoms with Gasteiger partial charge in [-0.1, -0.05) is 78.2 Å². The van der Waals surface area contributed by atoms with Gasteiger partial charge in [-0.15, -0.1) is 16.8 Å². The first-order valence-corrected chi connectivity index (χ1v) is 11.6. The van der Waals surface area contributed by atoms with Crippen LogP contribution in [0.15, 0.2) is 57.5 Å². The molecule has 0 aliphatic carbocycles. The summed E-state index contributed by atoms with van der Waals surface area (Å²) in [6.45, 7) is 5.72. The van der Waals surface area contributed by atoms with Crippen molar-refractivity contribution in [2.45, 2.75) is 22.9 Å². The summed E-state index contributed by atoms with van der Waals surface area (Å²) in [5.41, 5.74) is 2.52. The fraction of sp³-hybridized carbons (Fsp3) is 0.211. The van der Waals surface area contributed by atoms with Gasteiger partial charge in [0.1, 0.15) is 11.4 Å². The molecule has 1 aliphatic heterocycles. The zero-order valence-electron chi connectivity index (χ0n) is 15.6. The van der Waals surface area contributed by atoms with Gasteiger partial charge in [-0.05, 0) is 6.42 Å². The van der Waals surface area contributed by atoms with Crippen LogP contribution < -0.4 is 5.32 Å². The van der Waals surface area contributed by atoms with Crippen molar-refractivity contribution in [3.8, 4) is 11.3 Å². The number of hydrogen-bond acceptors (Lipinski definition) is 8. The van der Waals surface area contributed by atoms with E-state index < -0.39 is 0 Å². The molecule has 1 saturated heterocycles. The van der Waals surface area contributed by atoms with Crippen LogP contribution in [0.3, 0.4) is 0 Å². The van der Waals surface area contributed by atoms with Crippen molar-refractivity contribution < 1.29 is 4.79 Å². The third kappa shape index (κ3) is 4.29. The number of carbonyl (C=O) groups is 1. The molecule has 0 bridgehead atoms. The van der Waals surface area contributed by atoms with Crippen LogP contribution in [0.2, 0.25) is 0 Å². The van der Waals surface area contributed by atoms with Gasteiger partial charge in [0.2, 0.25) is 10.9 Å². The summed E-state index contributed by atoms with van der Waals surface area (Å²) in [4.78, 5) is 17.4. The van der Waals surface area contributed by atoms with Gasteiger partial charge in [-0.2, -0.15) is 5.10 Å². The molecule has 1 N–H and O–H groups in total. The largest absolute Gasteiger partial charge is 0.303 e. The minimum atomic E-state index is -0.103. The van der Waals surface area contributed by atoms with Gasteiger partial charge in [-0.3, -0.25) is 4.79 Å². The summed E-state index contributed by atoms with van der Waals surface area (Å²) in [6, 6.07) is 9.91. The van der Waals surface area contributed by atoms with Crippen molar-refractivity contribution >= 4 is 57.1 Å². The summed E-state index contributed by atoms with van der Waals surface area (Å²) in [5.74, 6) is 0.765. The Labute approximate surface area is 180 Å². The Kier molecular flexibility index (Phi) is 6.12. The maximum atomic E-state index is 11.8. The zero-order valence-corrected chi connectivity index (χ0v) is 18.1. The number of aromatic nitrogens is 3. The molecule has 148 valence electrons. The van der Waals surface area contributed by atoms with E-state index in [1.54, 1.807) is 22.5 Å². The molecule has 0 radical (unpaired) electrons. The van der Waals surface area contributed by atoms with Crippen molar-refractivity contribution in [1.29, 1.82) is 0 Å². The number of fused-ring (bicyclic) bond motifs is 1. The summed E-state index contributed by atoms with van der Waals surface area (Å²) in [7, 11) is 0. The second kappa shape index (κ2) is 8.93. The Balaban J connectivity index is 1.69. The SMILES string of the molecule is C=CCSc1nn2c(/C=N/N=C3/NC(=O)C(CC)S3)c(-c3ccccc3)nc2s1. The number of amides is 1. The van der Waals surface area contributed by atoms with Crippen LogP contribution in [0, 0.1) is 0 Å². The van der Waals surface area contributed by atoms with Crippen LogP contribution in [-0.4, -0.2) is 42.9 Å². The highest BCUT2D eigenvalue weighted by Gasteiger charge is 2.28. The number of rotatable bonds is 7. The predicted molar refractivity (Wildman–Crippen MR) is 122 cm³/mol. The molecule has 1 fully saturated rings. The lowest BCUT2D eigenvalue weighted by Crippen LogP contribution is -2.24. The van der Waals surface area contributed by atoms with Crippen LogP contribution in [0.1, 0.15) is 19.0 Å². The topological polar surface area (TPSA) is 84.0 Å². The molecule has 29 heavy (non-hydrogen) atoms. The maximum Gasteiger partial charge on any atom is 0.239 e. The summed E-state index contributed by atoms with van der Waals surface area (Å²) < 4.78 is 2.70. The lowest BCUT2D eigenvalue weighted by molar-refractivity contribution is -0.118. The van der Waals surface area contributed by atoms with E-state index in [2.05, 4.69) is 27.2 Å². The fourth-order valence-corrected chi connectivity index (χ4v) is 5.28. The maximum absolute atomic E-state index is 11.8. The van der Waals surface area contributed by atoms with Gasteiger partial charge >= 0.3 is 0 Å². The molecule has 1 aromatic carbocycles. The van der Waals surface area contributed by atoms with E-state index >= 15 is 0 Å². The van der Waals surface area contributed by atoms with E-state index in [1.807, 2.05) is 43.3 Å². The van der Waals surface area contributed by atoms with Crippen LogP contribution in [0.4, 0.5) is 0 Å². The van der Waals surface area contributed by atoms with Gasteiger partial charge in [0.05, 0.1) is 11.5 Å². The number of nitrogens with zero attached hydrogens (tertiary/aromatic N) is 5. The molecule has 1 unspecified atom stereocenters. The van der Waals surface area contributed by atoms with Crippen LogP contribution in [0.25, 0.3) is 16.2 Å². The first kappa shape index (κ1) is 19.9. The fourth-order valence-electron chi connectivity index (χ4n) is 2.72. The van der Waals surface area contributed by atoms with Gasteiger partial charge in [-0.25, -0.2) is 9.50 Å². The molecule has 2 aromatic heterocycles. The molecule has 1 aliphatic rings. The van der Waals surface area contributed by atoms with E-state index in [9.17, 15) is 4.79 Å². The van der Waals surface area contributed by atoms with Crippen molar-refractivity contribution in [2.75, 3.05) is 5.75 Å². The Bertz CT molecular complexity index is 1100. The standard InChI is InChI=1S/C19H18N6OS3/c1-3-10-27-19-24-25-13(11-20-23-17-22-16(26)14(4-2)28-17)15(21-18(25)29-19)12-8-6-5-7-9-12/h3,5-9,11,14H,1,4,10H2,2H3,(H,22,23,26)/b20-11+. The first-order valence-electron chi connectivity index (χ1n) is 8.96. The minimum Gasteiger partial charge on any atom is -0.303 e. The third-order valence-electron chi connectivity index (χ3n) is 4.07. The predicted octanol–water partition coefficient (Wildman–Crippen LogP) is 4.07. The lowest BCUT2D eigenvalue weighted by atomic mass is 10.1. The third-order valence-corrected chi connectivity index (χ3v) is 7.34. The van der Waals surface area contributed by atoms with Gasteiger partial charge in [0, 0.05) is 11.3 Å². The smallest absolute Gasteiger partial charge is 0.239 e. The molecule has 10 heteroatoms. The second-order valence-corrected chi connectivity index (χ2v) is 9.44. The van der Waals surface area contributed by atoms with Crippen LogP contribution >= 0.6 is 34.9 Å². The van der Waals surface area contributed by atoms with Crippen molar-refractivity contribution in [2.24, 2.45) is 10.2 Å². The van der Waals surface area contributed by atoms with Gasteiger partial charge in [0.25, 0.3) is 0 Å². The number of hydrogen-bond donors (Lipinski definition) is 1. The zero-order chi connectivity index (χ0) is 20.2. The van der Waals surface area contributed by atoms with Crippen molar-refractivity contribution in [3.63, 3.8) is 0 Å². The van der Waals surface area contributed by atoms with Crippen molar-refractivity contribution in [1.82, 2.24) is 19.9 Å². The quantitative estimate of drug-likeness (QED) is 0.258. The molecule has 1 amide bonds. The van der Waals surface area contributed by atoms with Gasteiger partial charge in [0.15, 0.2) is 9.51 Å². The Hall–Kier alpha value is -2.43. The normalized spacial score (nSPS) is 18.2. The van der Waals surface area contributed by atoms with E-state index in [4.69, 9.17) is 4.98 Å². The van der Waals surface area contributed by atoms with Crippen LogP contribution in [-0.2, 0) is 4.79 Å². The minimum absolute atomic E-state index is 0.0217. The summed E-state index contributed by atoms with van der Waals surface area (Å²) >= 11 is 4.54. The van der Waals surface area contributed by atoms with Crippen LogP contribution in [0.5, 0.6) is 0 Å². The molecule has 1 atom stereocenters.